The predicted octanol–water partition coefficient (Wildman–Crippen LogP) is 0.113. The van der Waals surface area contributed by atoms with Crippen LogP contribution >= 0.6 is 0 Å². The van der Waals surface area contributed by atoms with Gasteiger partial charge in [0.2, 0.25) is 11.8 Å². The van der Waals surface area contributed by atoms with E-state index in [2.05, 4.69) is 15.5 Å². The van der Waals surface area contributed by atoms with Crippen LogP contribution in [-0.4, -0.2) is 49.4 Å². The second kappa shape index (κ2) is 7.27. The highest BCUT2D eigenvalue weighted by Crippen LogP contribution is 2.10. The Hall–Kier alpha value is -1.10. The van der Waals surface area contributed by atoms with Gasteiger partial charge in [-0.05, 0) is 19.3 Å². The third-order valence-corrected chi connectivity index (χ3v) is 3.08. The van der Waals surface area contributed by atoms with Crippen molar-refractivity contribution in [1.29, 1.82) is 0 Å². The van der Waals surface area contributed by atoms with Crippen molar-refractivity contribution in [1.82, 2.24) is 15.5 Å². The number of piperidine rings is 1. The van der Waals surface area contributed by atoms with Crippen LogP contribution in [0.15, 0.2) is 0 Å². The molecule has 1 rings (SSSR count). The van der Waals surface area contributed by atoms with Crippen LogP contribution in [0.4, 0.5) is 0 Å². The molecule has 1 heterocycles. The van der Waals surface area contributed by atoms with E-state index < -0.39 is 0 Å². The Morgan fingerprint density at radius 2 is 1.88 bits per heavy atom. The highest BCUT2D eigenvalue weighted by molar-refractivity contribution is 5.77. The fourth-order valence-corrected chi connectivity index (χ4v) is 2.04. The van der Waals surface area contributed by atoms with Crippen molar-refractivity contribution in [3.63, 3.8) is 0 Å². The van der Waals surface area contributed by atoms with Crippen molar-refractivity contribution in [2.75, 3.05) is 26.7 Å². The largest absolute Gasteiger partial charge is 0.358 e. The van der Waals surface area contributed by atoms with E-state index in [1.165, 1.54) is 0 Å². The van der Waals surface area contributed by atoms with Gasteiger partial charge in [0.25, 0.3) is 0 Å². The molecule has 1 aliphatic rings. The molecule has 98 valence electrons. The zero-order valence-electron chi connectivity index (χ0n) is 10.8. The van der Waals surface area contributed by atoms with Crippen LogP contribution in [0.3, 0.4) is 0 Å². The van der Waals surface area contributed by atoms with Gasteiger partial charge in [0.1, 0.15) is 0 Å². The zero-order chi connectivity index (χ0) is 12.7. The van der Waals surface area contributed by atoms with Crippen molar-refractivity contribution >= 4 is 11.8 Å². The maximum atomic E-state index is 11.4. The van der Waals surface area contributed by atoms with Crippen LogP contribution in [0.25, 0.3) is 0 Å². The summed E-state index contributed by atoms with van der Waals surface area (Å²) in [5.74, 6) is 0.204. The van der Waals surface area contributed by atoms with E-state index in [1.807, 2.05) is 6.92 Å². The summed E-state index contributed by atoms with van der Waals surface area (Å²) in [5, 5.41) is 5.66. The quantitative estimate of drug-likeness (QED) is 0.718. The molecule has 0 aromatic rings. The summed E-state index contributed by atoms with van der Waals surface area (Å²) in [6.45, 7) is 4.23. The molecule has 0 aromatic heterocycles. The molecule has 0 saturated carbocycles. The highest BCUT2D eigenvalue weighted by Gasteiger charge is 2.21. The van der Waals surface area contributed by atoms with Crippen LogP contribution < -0.4 is 10.6 Å². The Morgan fingerprint density at radius 1 is 1.24 bits per heavy atom. The SMILES string of the molecule is CCCC(=O)NC1CCN(CC(=O)NC)CC1. The minimum atomic E-state index is 0.0541. The summed E-state index contributed by atoms with van der Waals surface area (Å²) < 4.78 is 0. The third-order valence-electron chi connectivity index (χ3n) is 3.08. The summed E-state index contributed by atoms with van der Waals surface area (Å²) in [4.78, 5) is 24.8. The maximum absolute atomic E-state index is 11.4. The minimum Gasteiger partial charge on any atom is -0.358 e. The van der Waals surface area contributed by atoms with Gasteiger partial charge in [-0.1, -0.05) is 6.92 Å². The molecule has 0 radical (unpaired) electrons. The third kappa shape index (κ3) is 5.17. The van der Waals surface area contributed by atoms with Crippen LogP contribution in [0.2, 0.25) is 0 Å². The van der Waals surface area contributed by atoms with E-state index in [-0.39, 0.29) is 17.9 Å². The molecule has 0 aromatic carbocycles. The number of hydrogen-bond acceptors (Lipinski definition) is 3. The fourth-order valence-electron chi connectivity index (χ4n) is 2.04. The molecule has 0 spiro atoms. The molecule has 2 amide bonds. The number of carbonyl (C=O) groups excluding carboxylic acids is 2. The van der Waals surface area contributed by atoms with Crippen LogP contribution in [0.1, 0.15) is 32.6 Å². The molecule has 17 heavy (non-hydrogen) atoms. The first-order valence-electron chi connectivity index (χ1n) is 6.38. The van der Waals surface area contributed by atoms with Gasteiger partial charge < -0.3 is 10.6 Å². The molecule has 5 heteroatoms. The Balaban J connectivity index is 2.21. The summed E-state index contributed by atoms with van der Waals surface area (Å²) in [6, 6.07) is 0.287. The molecule has 0 atom stereocenters. The molecule has 0 aliphatic carbocycles. The topological polar surface area (TPSA) is 61.4 Å². The van der Waals surface area contributed by atoms with Gasteiger partial charge in [-0.3, -0.25) is 14.5 Å². The molecule has 0 unspecified atom stereocenters. The Bertz CT molecular complexity index is 260. The number of likely N-dealkylation sites (tertiary alicyclic amines) is 1. The predicted molar refractivity (Wildman–Crippen MR) is 66.6 cm³/mol. The smallest absolute Gasteiger partial charge is 0.233 e. The number of carbonyl (C=O) groups is 2. The van der Waals surface area contributed by atoms with E-state index in [0.29, 0.717) is 13.0 Å². The number of hydrogen-bond donors (Lipinski definition) is 2. The van der Waals surface area contributed by atoms with Crippen molar-refractivity contribution in [2.24, 2.45) is 0 Å². The molecule has 2 N–H and O–H groups in total. The summed E-state index contributed by atoms with van der Waals surface area (Å²) >= 11 is 0. The standard InChI is InChI=1S/C12H23N3O2/c1-3-4-11(16)14-10-5-7-15(8-6-10)9-12(17)13-2/h10H,3-9H2,1-2H3,(H,13,17)(H,14,16). The molecule has 1 saturated heterocycles. The number of rotatable bonds is 5. The monoisotopic (exact) mass is 241 g/mol. The lowest BCUT2D eigenvalue weighted by molar-refractivity contribution is -0.124. The second-order valence-corrected chi connectivity index (χ2v) is 4.54. The Kier molecular flexibility index (Phi) is 5.97. The normalized spacial score (nSPS) is 17.8. The van der Waals surface area contributed by atoms with E-state index >= 15 is 0 Å². The van der Waals surface area contributed by atoms with Gasteiger partial charge in [-0.15, -0.1) is 0 Å². The molecular formula is C12H23N3O2. The number of likely N-dealkylation sites (N-methyl/N-ethyl adjacent to an activating group) is 1. The number of nitrogens with zero attached hydrogens (tertiary/aromatic N) is 1. The zero-order valence-corrected chi connectivity index (χ0v) is 10.8. The first-order chi connectivity index (χ1) is 8.15. The molecular weight excluding hydrogens is 218 g/mol. The summed E-state index contributed by atoms with van der Waals surface area (Å²) in [5.41, 5.74) is 0. The fraction of sp³-hybridized carbons (Fsp3) is 0.833. The first-order valence-corrected chi connectivity index (χ1v) is 6.38. The minimum absolute atomic E-state index is 0.0541. The lowest BCUT2D eigenvalue weighted by atomic mass is 10.0. The lowest BCUT2D eigenvalue weighted by Crippen LogP contribution is -2.47. The second-order valence-electron chi connectivity index (χ2n) is 4.54. The molecule has 0 bridgehead atoms. The molecule has 1 fully saturated rings. The van der Waals surface area contributed by atoms with Crippen molar-refractivity contribution in [3.8, 4) is 0 Å². The van der Waals surface area contributed by atoms with Crippen molar-refractivity contribution in [2.45, 2.75) is 38.6 Å². The van der Waals surface area contributed by atoms with Gasteiger partial charge in [0, 0.05) is 32.6 Å². The first kappa shape index (κ1) is 14.0. The molecule has 5 nitrogen and oxygen atoms in total. The van der Waals surface area contributed by atoms with Gasteiger partial charge >= 0.3 is 0 Å². The van der Waals surface area contributed by atoms with Crippen molar-refractivity contribution < 1.29 is 9.59 Å². The van der Waals surface area contributed by atoms with Gasteiger partial charge in [-0.2, -0.15) is 0 Å². The van der Waals surface area contributed by atoms with E-state index in [0.717, 1.165) is 32.4 Å². The maximum Gasteiger partial charge on any atom is 0.233 e. The average Bonchev–Trinajstić information content (AvgIpc) is 2.32. The van der Waals surface area contributed by atoms with Gasteiger partial charge in [0.15, 0.2) is 0 Å². The van der Waals surface area contributed by atoms with Crippen molar-refractivity contribution in [3.05, 3.63) is 0 Å². The highest BCUT2D eigenvalue weighted by atomic mass is 16.2. The van der Waals surface area contributed by atoms with Crippen LogP contribution in [0.5, 0.6) is 0 Å². The average molecular weight is 241 g/mol. The van der Waals surface area contributed by atoms with E-state index in [9.17, 15) is 9.59 Å². The number of nitrogens with one attached hydrogen (secondary N) is 2. The Morgan fingerprint density at radius 3 is 2.41 bits per heavy atom. The lowest BCUT2D eigenvalue weighted by Gasteiger charge is -2.31. The Labute approximate surface area is 103 Å². The van der Waals surface area contributed by atoms with E-state index in [1.54, 1.807) is 7.05 Å². The van der Waals surface area contributed by atoms with Crippen LogP contribution in [0, 0.1) is 0 Å². The summed E-state index contributed by atoms with van der Waals surface area (Å²) in [6.07, 6.45) is 3.37. The van der Waals surface area contributed by atoms with Crippen LogP contribution in [-0.2, 0) is 9.59 Å². The summed E-state index contributed by atoms with van der Waals surface area (Å²) in [7, 11) is 1.65. The van der Waals surface area contributed by atoms with Gasteiger partial charge in [0.05, 0.1) is 6.54 Å². The number of amides is 2. The van der Waals surface area contributed by atoms with E-state index in [4.69, 9.17) is 0 Å². The molecule has 1 aliphatic heterocycles. The van der Waals surface area contributed by atoms with Gasteiger partial charge in [-0.25, -0.2) is 0 Å².